The Morgan fingerprint density at radius 3 is 2.62 bits per heavy atom. The van der Waals surface area contributed by atoms with Crippen molar-refractivity contribution >= 4 is 32.3 Å². The number of halogens is 1. The number of hydrogen-bond acceptors (Lipinski definition) is 3. The van der Waals surface area contributed by atoms with Gasteiger partial charge in [0.15, 0.2) is 9.84 Å². The normalized spacial score (nSPS) is 19.3. The fraction of sp³-hybridized carbons (Fsp3) is 0.350. The van der Waals surface area contributed by atoms with Crippen LogP contribution in [0.4, 0.5) is 0 Å². The highest BCUT2D eigenvalue weighted by Gasteiger charge is 2.31. The molecule has 0 aliphatic carbocycles. The number of benzene rings is 1. The minimum atomic E-state index is -2.94. The van der Waals surface area contributed by atoms with E-state index in [1.807, 2.05) is 45.0 Å². The molecule has 0 radical (unpaired) electrons. The van der Waals surface area contributed by atoms with Crippen LogP contribution in [0.5, 0.6) is 0 Å². The molecule has 4 nitrogen and oxygen atoms in total. The molecule has 0 saturated carbocycles. The SMILES string of the molecule is Cc1c(Cl)c(-c2cc(C)n(C3CCS(=O)(=O)C3)c2C)nc2ccccc12. The number of pyridine rings is 1. The number of para-hydroxylation sites is 1. The summed E-state index contributed by atoms with van der Waals surface area (Å²) in [7, 11) is -2.94. The Labute approximate surface area is 158 Å². The van der Waals surface area contributed by atoms with E-state index < -0.39 is 9.84 Å². The highest BCUT2D eigenvalue weighted by Crippen LogP contribution is 2.38. The first-order chi connectivity index (χ1) is 12.3. The predicted octanol–water partition coefficient (Wildman–Crippen LogP) is 4.64. The third kappa shape index (κ3) is 2.74. The van der Waals surface area contributed by atoms with Gasteiger partial charge in [-0.15, -0.1) is 0 Å². The fourth-order valence-corrected chi connectivity index (χ4v) is 6.04. The Hall–Kier alpha value is -1.85. The number of aromatic nitrogens is 2. The zero-order valence-electron chi connectivity index (χ0n) is 15.1. The summed E-state index contributed by atoms with van der Waals surface area (Å²) in [5.74, 6) is 0.471. The first-order valence-corrected chi connectivity index (χ1v) is 10.9. The lowest BCUT2D eigenvalue weighted by molar-refractivity contribution is 0.536. The maximum atomic E-state index is 11.9. The Bertz CT molecular complexity index is 1130. The number of hydrogen-bond donors (Lipinski definition) is 0. The van der Waals surface area contributed by atoms with Crippen LogP contribution < -0.4 is 0 Å². The first-order valence-electron chi connectivity index (χ1n) is 8.72. The summed E-state index contributed by atoms with van der Waals surface area (Å²) in [6, 6.07) is 10.0. The summed E-state index contributed by atoms with van der Waals surface area (Å²) < 4.78 is 26.0. The average Bonchev–Trinajstić information content (AvgIpc) is 3.09. The summed E-state index contributed by atoms with van der Waals surface area (Å²) in [6.45, 7) is 6.05. The number of rotatable bonds is 2. The van der Waals surface area contributed by atoms with Crippen molar-refractivity contribution in [2.45, 2.75) is 33.2 Å². The highest BCUT2D eigenvalue weighted by atomic mass is 35.5. The van der Waals surface area contributed by atoms with Gasteiger partial charge in [-0.2, -0.15) is 0 Å². The summed E-state index contributed by atoms with van der Waals surface area (Å²) in [5.41, 5.74) is 5.74. The molecule has 0 N–H and O–H groups in total. The average molecular weight is 389 g/mol. The third-order valence-corrected chi connectivity index (χ3v) is 7.60. The summed E-state index contributed by atoms with van der Waals surface area (Å²) in [5, 5.41) is 1.71. The van der Waals surface area contributed by atoms with Crippen LogP contribution in [0, 0.1) is 20.8 Å². The molecule has 1 aliphatic heterocycles. The monoisotopic (exact) mass is 388 g/mol. The van der Waals surface area contributed by atoms with Crippen LogP contribution in [0.2, 0.25) is 5.02 Å². The largest absolute Gasteiger partial charge is 0.344 e. The lowest BCUT2D eigenvalue weighted by Crippen LogP contribution is -2.13. The van der Waals surface area contributed by atoms with Crippen molar-refractivity contribution in [3.05, 3.63) is 52.3 Å². The van der Waals surface area contributed by atoms with E-state index in [0.29, 0.717) is 11.4 Å². The molecule has 1 atom stereocenters. The topological polar surface area (TPSA) is 52.0 Å². The molecular weight excluding hydrogens is 368 g/mol. The van der Waals surface area contributed by atoms with Gasteiger partial charge in [0, 0.05) is 28.4 Å². The van der Waals surface area contributed by atoms with Crippen LogP contribution in [0.1, 0.15) is 29.4 Å². The standard InChI is InChI=1S/C20H21ClN2O2S/c1-12-10-17(14(3)23(12)15-8-9-26(24,25)11-15)20-19(21)13(2)16-6-4-5-7-18(16)22-20/h4-7,10,15H,8-9,11H2,1-3H3. The minimum Gasteiger partial charge on any atom is -0.344 e. The number of sulfone groups is 1. The van der Waals surface area contributed by atoms with Gasteiger partial charge < -0.3 is 4.57 Å². The molecule has 0 spiro atoms. The molecule has 1 saturated heterocycles. The van der Waals surface area contributed by atoms with Gasteiger partial charge in [0.2, 0.25) is 0 Å². The van der Waals surface area contributed by atoms with Crippen molar-refractivity contribution in [2.75, 3.05) is 11.5 Å². The van der Waals surface area contributed by atoms with Gasteiger partial charge in [0.05, 0.1) is 27.7 Å². The molecule has 6 heteroatoms. The maximum Gasteiger partial charge on any atom is 0.152 e. The van der Waals surface area contributed by atoms with E-state index in [-0.39, 0.29) is 17.5 Å². The molecule has 1 unspecified atom stereocenters. The second-order valence-corrected chi connectivity index (χ2v) is 9.73. The molecule has 2 aromatic heterocycles. The summed E-state index contributed by atoms with van der Waals surface area (Å²) in [4.78, 5) is 4.81. The Balaban J connectivity index is 1.89. The molecular formula is C20H21ClN2O2S. The quantitative estimate of drug-likeness (QED) is 0.642. The zero-order chi connectivity index (χ0) is 18.6. The van der Waals surface area contributed by atoms with E-state index in [1.165, 1.54) is 0 Å². The molecule has 4 rings (SSSR count). The van der Waals surface area contributed by atoms with Crippen LogP contribution in [-0.2, 0) is 9.84 Å². The smallest absolute Gasteiger partial charge is 0.152 e. The van der Waals surface area contributed by atoms with Crippen LogP contribution >= 0.6 is 11.6 Å². The van der Waals surface area contributed by atoms with Crippen LogP contribution in [0.25, 0.3) is 22.2 Å². The number of nitrogens with zero attached hydrogens (tertiary/aromatic N) is 2. The molecule has 1 aromatic carbocycles. The fourth-order valence-electron chi connectivity index (χ4n) is 4.09. The van der Waals surface area contributed by atoms with Gasteiger partial charge in [-0.25, -0.2) is 13.4 Å². The molecule has 0 amide bonds. The molecule has 3 heterocycles. The minimum absolute atomic E-state index is 0.00548. The first kappa shape index (κ1) is 17.6. The lowest BCUT2D eigenvalue weighted by Gasteiger charge is -2.17. The van der Waals surface area contributed by atoms with Gasteiger partial charge in [-0.1, -0.05) is 29.8 Å². The molecule has 26 heavy (non-hydrogen) atoms. The van der Waals surface area contributed by atoms with E-state index in [2.05, 4.69) is 10.6 Å². The van der Waals surface area contributed by atoms with Gasteiger partial charge in [0.25, 0.3) is 0 Å². The molecule has 1 aliphatic rings. The van der Waals surface area contributed by atoms with Gasteiger partial charge in [0.1, 0.15) is 0 Å². The van der Waals surface area contributed by atoms with Crippen molar-refractivity contribution in [2.24, 2.45) is 0 Å². The summed E-state index contributed by atoms with van der Waals surface area (Å²) in [6.07, 6.45) is 0.663. The van der Waals surface area contributed by atoms with Gasteiger partial charge in [-0.3, -0.25) is 0 Å². The van der Waals surface area contributed by atoms with Crippen LogP contribution in [0.3, 0.4) is 0 Å². The Morgan fingerprint density at radius 1 is 1.19 bits per heavy atom. The second-order valence-electron chi connectivity index (χ2n) is 7.13. The molecule has 1 fully saturated rings. The van der Waals surface area contributed by atoms with Gasteiger partial charge >= 0.3 is 0 Å². The van der Waals surface area contributed by atoms with E-state index in [1.54, 1.807) is 0 Å². The van der Waals surface area contributed by atoms with Crippen molar-refractivity contribution in [3.8, 4) is 11.3 Å². The van der Waals surface area contributed by atoms with Crippen LogP contribution in [0.15, 0.2) is 30.3 Å². The van der Waals surface area contributed by atoms with E-state index >= 15 is 0 Å². The van der Waals surface area contributed by atoms with Crippen LogP contribution in [-0.4, -0.2) is 29.5 Å². The Kier molecular flexibility index (Phi) is 4.12. The molecule has 3 aromatic rings. The zero-order valence-corrected chi connectivity index (χ0v) is 16.7. The maximum absolute atomic E-state index is 11.9. The lowest BCUT2D eigenvalue weighted by atomic mass is 10.0. The van der Waals surface area contributed by atoms with E-state index in [9.17, 15) is 8.42 Å². The van der Waals surface area contributed by atoms with Crippen molar-refractivity contribution in [1.29, 1.82) is 0 Å². The van der Waals surface area contributed by atoms with Crippen molar-refractivity contribution < 1.29 is 8.42 Å². The van der Waals surface area contributed by atoms with E-state index in [0.717, 1.165) is 39.1 Å². The van der Waals surface area contributed by atoms with Gasteiger partial charge in [-0.05, 0) is 44.9 Å². The van der Waals surface area contributed by atoms with E-state index in [4.69, 9.17) is 16.6 Å². The summed E-state index contributed by atoms with van der Waals surface area (Å²) >= 11 is 6.68. The highest BCUT2D eigenvalue weighted by molar-refractivity contribution is 7.91. The molecule has 0 bridgehead atoms. The van der Waals surface area contributed by atoms with Crippen molar-refractivity contribution in [1.82, 2.24) is 9.55 Å². The Morgan fingerprint density at radius 2 is 1.92 bits per heavy atom. The van der Waals surface area contributed by atoms with Crippen molar-refractivity contribution in [3.63, 3.8) is 0 Å². The molecule has 136 valence electrons. The third-order valence-electron chi connectivity index (χ3n) is 5.39. The predicted molar refractivity (Wildman–Crippen MR) is 107 cm³/mol. The number of aryl methyl sites for hydroxylation is 2. The number of fused-ring (bicyclic) bond motifs is 1. The second kappa shape index (κ2) is 6.10.